The van der Waals surface area contributed by atoms with Gasteiger partial charge in [-0.15, -0.1) is 0 Å². The second-order valence-electron chi connectivity index (χ2n) is 4.29. The highest BCUT2D eigenvalue weighted by Gasteiger charge is 2.12. The highest BCUT2D eigenvalue weighted by molar-refractivity contribution is 9.10. The molecule has 0 saturated carbocycles. The molecule has 0 radical (unpaired) electrons. The van der Waals surface area contributed by atoms with Crippen LogP contribution in [0.15, 0.2) is 35.1 Å². The van der Waals surface area contributed by atoms with Gasteiger partial charge in [-0.1, -0.05) is 22.9 Å². The number of amides is 1. The van der Waals surface area contributed by atoms with Gasteiger partial charge in [-0.05, 0) is 24.6 Å². The van der Waals surface area contributed by atoms with E-state index in [1.54, 1.807) is 6.07 Å². The molecule has 1 heterocycles. The van der Waals surface area contributed by atoms with Crippen LogP contribution in [0.5, 0.6) is 0 Å². The van der Waals surface area contributed by atoms with Crippen molar-refractivity contribution in [2.45, 2.75) is 13.3 Å². The zero-order valence-electron chi connectivity index (χ0n) is 11.4. The van der Waals surface area contributed by atoms with Gasteiger partial charge in [0.15, 0.2) is 0 Å². The number of nitrogens with one attached hydrogen (secondary N) is 2. The Balaban J connectivity index is 2.14. The molecule has 0 unspecified atom stereocenters. The Kier molecular flexibility index (Phi) is 5.21. The SMILES string of the molecule is CCCNc1cncc(C(=O)Nc2cc(Br)ccc2F)n1. The summed E-state index contributed by atoms with van der Waals surface area (Å²) in [5.74, 6) is -0.515. The van der Waals surface area contributed by atoms with Crippen LogP contribution in [0.4, 0.5) is 15.9 Å². The number of halogens is 2. The van der Waals surface area contributed by atoms with E-state index in [0.29, 0.717) is 10.3 Å². The first-order chi connectivity index (χ1) is 10.1. The summed E-state index contributed by atoms with van der Waals surface area (Å²) in [6, 6.07) is 4.31. The van der Waals surface area contributed by atoms with Gasteiger partial charge in [-0.3, -0.25) is 9.78 Å². The van der Waals surface area contributed by atoms with Crippen LogP contribution < -0.4 is 10.6 Å². The lowest BCUT2D eigenvalue weighted by Gasteiger charge is -2.08. The maximum atomic E-state index is 13.6. The Hall–Kier alpha value is -2.02. The number of anilines is 2. The van der Waals surface area contributed by atoms with E-state index in [2.05, 4.69) is 36.5 Å². The fourth-order valence-corrected chi connectivity index (χ4v) is 1.95. The lowest BCUT2D eigenvalue weighted by molar-refractivity contribution is 0.102. The smallest absolute Gasteiger partial charge is 0.276 e. The van der Waals surface area contributed by atoms with Crippen molar-refractivity contribution in [3.8, 4) is 0 Å². The average Bonchev–Trinajstić information content (AvgIpc) is 2.49. The molecule has 110 valence electrons. The van der Waals surface area contributed by atoms with Crippen molar-refractivity contribution in [1.29, 1.82) is 0 Å². The number of benzene rings is 1. The summed E-state index contributed by atoms with van der Waals surface area (Å²) in [6.45, 7) is 2.76. The molecule has 1 amide bonds. The molecule has 0 aliphatic carbocycles. The van der Waals surface area contributed by atoms with Crippen molar-refractivity contribution in [2.24, 2.45) is 0 Å². The van der Waals surface area contributed by atoms with Crippen LogP contribution in [0.25, 0.3) is 0 Å². The summed E-state index contributed by atoms with van der Waals surface area (Å²) in [5.41, 5.74) is 0.207. The highest BCUT2D eigenvalue weighted by Crippen LogP contribution is 2.20. The Bertz CT molecular complexity index is 651. The monoisotopic (exact) mass is 352 g/mol. The Labute approximate surface area is 130 Å². The normalized spacial score (nSPS) is 10.2. The maximum absolute atomic E-state index is 13.6. The molecular formula is C14H14BrFN4O. The number of hydrogen-bond donors (Lipinski definition) is 2. The average molecular weight is 353 g/mol. The first-order valence-electron chi connectivity index (χ1n) is 6.42. The van der Waals surface area contributed by atoms with Gasteiger partial charge in [0.2, 0.25) is 0 Å². The van der Waals surface area contributed by atoms with Crippen LogP contribution in [0.3, 0.4) is 0 Å². The summed E-state index contributed by atoms with van der Waals surface area (Å²) >= 11 is 3.23. The predicted octanol–water partition coefficient (Wildman–Crippen LogP) is 3.45. The zero-order valence-corrected chi connectivity index (χ0v) is 12.9. The minimum Gasteiger partial charge on any atom is -0.369 e. The Morgan fingerprint density at radius 3 is 2.95 bits per heavy atom. The Morgan fingerprint density at radius 1 is 1.38 bits per heavy atom. The highest BCUT2D eigenvalue weighted by atomic mass is 79.9. The lowest BCUT2D eigenvalue weighted by Crippen LogP contribution is -2.16. The van der Waals surface area contributed by atoms with Crippen LogP contribution in [-0.2, 0) is 0 Å². The van der Waals surface area contributed by atoms with Gasteiger partial charge in [0.1, 0.15) is 17.3 Å². The standard InChI is InChI=1S/C14H14BrFN4O/c1-2-5-18-13-8-17-7-12(19-13)14(21)20-11-6-9(15)3-4-10(11)16/h3-4,6-8H,2,5H2,1H3,(H,18,19)(H,20,21). The van der Waals surface area contributed by atoms with Gasteiger partial charge in [0.05, 0.1) is 18.1 Å². The maximum Gasteiger partial charge on any atom is 0.276 e. The molecular weight excluding hydrogens is 339 g/mol. The first kappa shape index (κ1) is 15.4. The minimum atomic E-state index is -0.514. The lowest BCUT2D eigenvalue weighted by atomic mass is 10.3. The van der Waals surface area contributed by atoms with Gasteiger partial charge in [-0.2, -0.15) is 0 Å². The van der Waals surface area contributed by atoms with Crippen molar-refractivity contribution in [3.63, 3.8) is 0 Å². The van der Waals surface area contributed by atoms with Crippen molar-refractivity contribution in [2.75, 3.05) is 17.2 Å². The predicted molar refractivity (Wildman–Crippen MR) is 82.9 cm³/mol. The molecule has 1 aromatic heterocycles. The van der Waals surface area contributed by atoms with Crippen molar-refractivity contribution >= 4 is 33.3 Å². The first-order valence-corrected chi connectivity index (χ1v) is 7.21. The van der Waals surface area contributed by atoms with E-state index in [4.69, 9.17) is 0 Å². The number of nitrogens with zero attached hydrogens (tertiary/aromatic N) is 2. The summed E-state index contributed by atoms with van der Waals surface area (Å²) < 4.78 is 14.3. The van der Waals surface area contributed by atoms with Gasteiger partial charge >= 0.3 is 0 Å². The molecule has 21 heavy (non-hydrogen) atoms. The molecule has 0 aliphatic rings. The van der Waals surface area contributed by atoms with E-state index in [-0.39, 0.29) is 11.4 Å². The van der Waals surface area contributed by atoms with Crippen LogP contribution in [0.1, 0.15) is 23.8 Å². The third-order valence-corrected chi connectivity index (χ3v) is 3.09. The molecule has 0 spiro atoms. The Morgan fingerprint density at radius 2 is 2.19 bits per heavy atom. The zero-order chi connectivity index (χ0) is 15.2. The topological polar surface area (TPSA) is 66.9 Å². The summed E-state index contributed by atoms with van der Waals surface area (Å²) in [7, 11) is 0. The second kappa shape index (κ2) is 7.12. The van der Waals surface area contributed by atoms with E-state index < -0.39 is 11.7 Å². The fraction of sp³-hybridized carbons (Fsp3) is 0.214. The van der Waals surface area contributed by atoms with E-state index in [1.165, 1.54) is 24.5 Å². The molecule has 0 saturated heterocycles. The number of carbonyl (C=O) groups is 1. The summed E-state index contributed by atoms with van der Waals surface area (Å²) in [6.07, 6.45) is 3.80. The minimum absolute atomic E-state index is 0.0862. The molecule has 7 heteroatoms. The van der Waals surface area contributed by atoms with E-state index in [0.717, 1.165) is 13.0 Å². The van der Waals surface area contributed by atoms with E-state index >= 15 is 0 Å². The molecule has 0 fully saturated rings. The molecule has 5 nitrogen and oxygen atoms in total. The fourth-order valence-electron chi connectivity index (χ4n) is 1.59. The third kappa shape index (κ3) is 4.22. The largest absolute Gasteiger partial charge is 0.369 e. The van der Waals surface area contributed by atoms with E-state index in [1.807, 2.05) is 6.92 Å². The molecule has 0 bridgehead atoms. The van der Waals surface area contributed by atoms with Crippen molar-refractivity contribution in [3.05, 3.63) is 46.6 Å². The van der Waals surface area contributed by atoms with Crippen molar-refractivity contribution in [1.82, 2.24) is 9.97 Å². The quantitative estimate of drug-likeness (QED) is 0.864. The second-order valence-corrected chi connectivity index (χ2v) is 5.21. The van der Waals surface area contributed by atoms with Gasteiger partial charge in [0.25, 0.3) is 5.91 Å². The third-order valence-electron chi connectivity index (χ3n) is 2.60. The van der Waals surface area contributed by atoms with Crippen LogP contribution in [0.2, 0.25) is 0 Å². The van der Waals surface area contributed by atoms with Crippen LogP contribution >= 0.6 is 15.9 Å². The van der Waals surface area contributed by atoms with Gasteiger partial charge < -0.3 is 10.6 Å². The number of rotatable bonds is 5. The molecule has 0 atom stereocenters. The molecule has 0 aliphatic heterocycles. The van der Waals surface area contributed by atoms with Crippen molar-refractivity contribution < 1.29 is 9.18 Å². The number of carbonyl (C=O) groups excluding carboxylic acids is 1. The van der Waals surface area contributed by atoms with E-state index in [9.17, 15) is 9.18 Å². The summed E-state index contributed by atoms with van der Waals surface area (Å²) in [4.78, 5) is 20.2. The molecule has 2 N–H and O–H groups in total. The van der Waals surface area contributed by atoms with Gasteiger partial charge in [-0.25, -0.2) is 9.37 Å². The number of hydrogen-bond acceptors (Lipinski definition) is 4. The van der Waals surface area contributed by atoms with Crippen LogP contribution in [-0.4, -0.2) is 22.4 Å². The molecule has 2 rings (SSSR count). The summed E-state index contributed by atoms with van der Waals surface area (Å²) in [5, 5.41) is 5.52. The molecule has 1 aromatic carbocycles. The van der Waals surface area contributed by atoms with Crippen LogP contribution in [0, 0.1) is 5.82 Å². The molecule has 2 aromatic rings. The number of aromatic nitrogens is 2. The van der Waals surface area contributed by atoms with Gasteiger partial charge in [0, 0.05) is 11.0 Å².